The van der Waals surface area contributed by atoms with Crippen LogP contribution in [0.4, 0.5) is 0 Å². The monoisotopic (exact) mass is 296 g/mol. The van der Waals surface area contributed by atoms with E-state index in [0.717, 1.165) is 18.0 Å². The van der Waals surface area contributed by atoms with Crippen LogP contribution in [0.15, 0.2) is 12.1 Å². The number of rotatable bonds is 8. The van der Waals surface area contributed by atoms with Crippen molar-refractivity contribution in [2.75, 3.05) is 26.2 Å². The first kappa shape index (κ1) is 15.5. The molecule has 1 aliphatic rings. The van der Waals surface area contributed by atoms with E-state index in [9.17, 15) is 4.79 Å². The fourth-order valence-corrected chi connectivity index (χ4v) is 3.65. The van der Waals surface area contributed by atoms with Crippen molar-refractivity contribution < 1.29 is 9.90 Å². The molecule has 20 heavy (non-hydrogen) atoms. The maximum Gasteiger partial charge on any atom is 0.308 e. The number of nitrogens with one attached hydrogen (secondary N) is 1. The zero-order chi connectivity index (χ0) is 14.4. The first-order chi connectivity index (χ1) is 9.63. The Balaban J connectivity index is 1.64. The largest absolute Gasteiger partial charge is 0.481 e. The third-order valence-corrected chi connectivity index (χ3v) is 4.69. The molecule has 2 N–H and O–H groups in total. The number of hydrogen-bond acceptors (Lipinski definition) is 4. The predicted molar refractivity (Wildman–Crippen MR) is 82.2 cm³/mol. The van der Waals surface area contributed by atoms with E-state index in [4.69, 9.17) is 5.11 Å². The molecule has 4 nitrogen and oxygen atoms in total. The van der Waals surface area contributed by atoms with E-state index in [1.165, 1.54) is 37.4 Å². The van der Waals surface area contributed by atoms with Gasteiger partial charge in [-0.15, -0.1) is 11.3 Å². The Kier molecular flexibility index (Phi) is 6.01. The molecule has 0 saturated carbocycles. The van der Waals surface area contributed by atoms with E-state index < -0.39 is 5.97 Å². The highest BCUT2D eigenvalue weighted by Crippen LogP contribution is 2.17. The third-order valence-electron chi connectivity index (χ3n) is 3.60. The molecule has 1 saturated heterocycles. The Bertz CT molecular complexity index is 427. The highest BCUT2D eigenvalue weighted by molar-refractivity contribution is 7.12. The molecule has 1 atom stereocenters. The van der Waals surface area contributed by atoms with Crippen molar-refractivity contribution in [3.8, 4) is 0 Å². The average Bonchev–Trinajstić information content (AvgIpc) is 3.00. The zero-order valence-electron chi connectivity index (χ0n) is 12.1. The molecule has 0 bridgehead atoms. The van der Waals surface area contributed by atoms with Gasteiger partial charge in [-0.05, 0) is 50.5 Å². The van der Waals surface area contributed by atoms with Crippen molar-refractivity contribution in [1.82, 2.24) is 10.2 Å². The first-order valence-corrected chi connectivity index (χ1v) is 8.17. The third kappa shape index (κ3) is 5.23. The summed E-state index contributed by atoms with van der Waals surface area (Å²) in [7, 11) is 0. The number of thiophene rings is 1. The highest BCUT2D eigenvalue weighted by Gasteiger charge is 2.14. The van der Waals surface area contributed by atoms with Gasteiger partial charge in [0, 0.05) is 22.8 Å². The van der Waals surface area contributed by atoms with Crippen LogP contribution in [0, 0.1) is 5.92 Å². The average molecular weight is 296 g/mol. The van der Waals surface area contributed by atoms with Crippen LogP contribution in [0.5, 0.6) is 0 Å². The van der Waals surface area contributed by atoms with E-state index in [1.807, 2.05) is 12.1 Å². The van der Waals surface area contributed by atoms with E-state index in [1.54, 1.807) is 11.3 Å². The minimum absolute atomic E-state index is 0.135. The SMILES string of the molecule is CC(CNCc1ccc(CC(=O)O)s1)CN1CCCC1. The minimum Gasteiger partial charge on any atom is -0.481 e. The summed E-state index contributed by atoms with van der Waals surface area (Å²) in [5.41, 5.74) is 0. The summed E-state index contributed by atoms with van der Waals surface area (Å²) in [6.45, 7) is 7.84. The van der Waals surface area contributed by atoms with E-state index in [2.05, 4.69) is 17.1 Å². The molecule has 0 radical (unpaired) electrons. The number of carboxylic acids is 1. The van der Waals surface area contributed by atoms with Gasteiger partial charge in [0.2, 0.25) is 0 Å². The van der Waals surface area contributed by atoms with Crippen molar-refractivity contribution in [2.24, 2.45) is 5.92 Å². The lowest BCUT2D eigenvalue weighted by Crippen LogP contribution is -2.31. The molecule has 0 amide bonds. The van der Waals surface area contributed by atoms with Crippen LogP contribution in [0.1, 0.15) is 29.5 Å². The quantitative estimate of drug-likeness (QED) is 0.772. The van der Waals surface area contributed by atoms with Gasteiger partial charge in [-0.1, -0.05) is 6.92 Å². The predicted octanol–water partition coefficient (Wildman–Crippen LogP) is 2.20. The Morgan fingerprint density at radius 2 is 2.10 bits per heavy atom. The van der Waals surface area contributed by atoms with Crippen molar-refractivity contribution >= 4 is 17.3 Å². The van der Waals surface area contributed by atoms with Gasteiger partial charge < -0.3 is 15.3 Å². The molecule has 1 unspecified atom stereocenters. The fourth-order valence-electron chi connectivity index (χ4n) is 2.67. The molecule has 2 heterocycles. The lowest BCUT2D eigenvalue weighted by molar-refractivity contribution is -0.136. The summed E-state index contributed by atoms with van der Waals surface area (Å²) in [5, 5.41) is 12.2. The molecule has 1 aromatic heterocycles. The number of nitrogens with zero attached hydrogens (tertiary/aromatic N) is 1. The number of carbonyl (C=O) groups is 1. The Morgan fingerprint density at radius 3 is 2.80 bits per heavy atom. The second-order valence-electron chi connectivity index (χ2n) is 5.68. The lowest BCUT2D eigenvalue weighted by atomic mass is 10.1. The second-order valence-corrected chi connectivity index (χ2v) is 6.94. The van der Waals surface area contributed by atoms with Crippen molar-refractivity contribution in [2.45, 2.75) is 32.7 Å². The molecule has 0 spiro atoms. The number of likely N-dealkylation sites (tertiary alicyclic amines) is 1. The second kappa shape index (κ2) is 7.76. The lowest BCUT2D eigenvalue weighted by Gasteiger charge is -2.20. The summed E-state index contributed by atoms with van der Waals surface area (Å²) < 4.78 is 0. The summed E-state index contributed by atoms with van der Waals surface area (Å²) in [6.07, 6.45) is 2.83. The Labute approximate surface area is 124 Å². The number of carboxylic acid groups (broad SMARTS) is 1. The smallest absolute Gasteiger partial charge is 0.308 e. The molecule has 112 valence electrons. The molecule has 5 heteroatoms. The van der Waals surface area contributed by atoms with Crippen LogP contribution in [-0.4, -0.2) is 42.2 Å². The normalized spacial score (nSPS) is 17.4. The van der Waals surface area contributed by atoms with Gasteiger partial charge in [-0.2, -0.15) is 0 Å². The summed E-state index contributed by atoms with van der Waals surface area (Å²) in [4.78, 5) is 15.3. The van der Waals surface area contributed by atoms with Crippen molar-refractivity contribution in [3.63, 3.8) is 0 Å². The fraction of sp³-hybridized carbons (Fsp3) is 0.667. The highest BCUT2D eigenvalue weighted by atomic mass is 32.1. The van der Waals surface area contributed by atoms with E-state index in [0.29, 0.717) is 5.92 Å². The topological polar surface area (TPSA) is 52.6 Å². The maximum absolute atomic E-state index is 10.6. The van der Waals surface area contributed by atoms with Crippen LogP contribution in [0.25, 0.3) is 0 Å². The molecular formula is C15H24N2O2S. The van der Waals surface area contributed by atoms with E-state index in [-0.39, 0.29) is 6.42 Å². The standard InChI is InChI=1S/C15H24N2O2S/c1-12(11-17-6-2-3-7-17)9-16-10-14-5-4-13(20-14)8-15(18)19/h4-5,12,16H,2-3,6-11H2,1H3,(H,18,19). The van der Waals surface area contributed by atoms with Gasteiger partial charge in [-0.25, -0.2) is 0 Å². The molecule has 0 aromatic carbocycles. The zero-order valence-corrected chi connectivity index (χ0v) is 12.9. The first-order valence-electron chi connectivity index (χ1n) is 7.36. The van der Waals surface area contributed by atoms with E-state index >= 15 is 0 Å². The molecule has 2 rings (SSSR count). The number of aliphatic carboxylic acids is 1. The van der Waals surface area contributed by atoms with Crippen LogP contribution >= 0.6 is 11.3 Å². The van der Waals surface area contributed by atoms with Gasteiger partial charge in [0.05, 0.1) is 6.42 Å². The Morgan fingerprint density at radius 1 is 1.40 bits per heavy atom. The van der Waals surface area contributed by atoms with Crippen LogP contribution in [0.3, 0.4) is 0 Å². The van der Waals surface area contributed by atoms with Gasteiger partial charge >= 0.3 is 5.97 Å². The summed E-state index contributed by atoms with van der Waals surface area (Å²) in [5.74, 6) is -0.0999. The molecule has 1 aromatic rings. The van der Waals surface area contributed by atoms with Gasteiger partial charge in [0.15, 0.2) is 0 Å². The molecule has 1 aliphatic heterocycles. The Hall–Kier alpha value is -0.910. The van der Waals surface area contributed by atoms with Gasteiger partial charge in [0.1, 0.15) is 0 Å². The maximum atomic E-state index is 10.6. The van der Waals surface area contributed by atoms with Crippen LogP contribution in [-0.2, 0) is 17.8 Å². The van der Waals surface area contributed by atoms with Gasteiger partial charge in [0.25, 0.3) is 0 Å². The molecule has 0 aliphatic carbocycles. The number of hydrogen-bond donors (Lipinski definition) is 2. The summed E-state index contributed by atoms with van der Waals surface area (Å²) >= 11 is 1.59. The van der Waals surface area contributed by atoms with Crippen LogP contribution in [0.2, 0.25) is 0 Å². The van der Waals surface area contributed by atoms with Crippen molar-refractivity contribution in [1.29, 1.82) is 0 Å². The summed E-state index contributed by atoms with van der Waals surface area (Å²) in [6, 6.07) is 3.95. The molecular weight excluding hydrogens is 272 g/mol. The van der Waals surface area contributed by atoms with Crippen LogP contribution < -0.4 is 5.32 Å². The van der Waals surface area contributed by atoms with Gasteiger partial charge in [-0.3, -0.25) is 4.79 Å². The minimum atomic E-state index is -0.759. The molecule has 1 fully saturated rings. The van der Waals surface area contributed by atoms with Crippen molar-refractivity contribution in [3.05, 3.63) is 21.9 Å².